The second-order valence-corrected chi connectivity index (χ2v) is 6.83. The third-order valence-electron chi connectivity index (χ3n) is 2.95. The van der Waals surface area contributed by atoms with E-state index in [1.807, 2.05) is 19.1 Å². The molecule has 21 heavy (non-hydrogen) atoms. The van der Waals surface area contributed by atoms with Gasteiger partial charge in [-0.25, -0.2) is 4.98 Å². The van der Waals surface area contributed by atoms with Crippen LogP contribution in [0.15, 0.2) is 42.6 Å². The molecule has 0 fully saturated rings. The molecular formula is C15H10F3NS2. The van der Waals surface area contributed by atoms with Crippen LogP contribution in [0.25, 0.3) is 20.3 Å². The summed E-state index contributed by atoms with van der Waals surface area (Å²) in [4.78, 5) is 7.50. The lowest BCUT2D eigenvalue weighted by Crippen LogP contribution is -2.03. The van der Waals surface area contributed by atoms with Crippen LogP contribution in [-0.2, 0) is 6.18 Å². The van der Waals surface area contributed by atoms with Gasteiger partial charge in [-0.05, 0) is 36.8 Å². The fourth-order valence-corrected chi connectivity index (χ4v) is 3.75. The van der Waals surface area contributed by atoms with E-state index in [4.69, 9.17) is 0 Å². The maximum absolute atomic E-state index is 12.5. The van der Waals surface area contributed by atoms with Crippen molar-refractivity contribution in [3.63, 3.8) is 0 Å². The molecule has 0 aliphatic carbocycles. The molecule has 0 N–H and O–H groups in total. The van der Waals surface area contributed by atoms with E-state index < -0.39 is 11.7 Å². The zero-order valence-electron chi connectivity index (χ0n) is 10.9. The van der Waals surface area contributed by atoms with Crippen LogP contribution >= 0.6 is 22.7 Å². The zero-order chi connectivity index (χ0) is 15.0. The normalized spacial score (nSPS) is 11.8. The summed E-state index contributed by atoms with van der Waals surface area (Å²) in [7, 11) is 0. The van der Waals surface area contributed by atoms with Gasteiger partial charge in [-0.1, -0.05) is 12.1 Å². The van der Waals surface area contributed by atoms with E-state index in [2.05, 4.69) is 4.98 Å². The summed E-state index contributed by atoms with van der Waals surface area (Å²) in [6.07, 6.45) is -2.59. The fraction of sp³-hybridized carbons (Fsp3) is 0.133. The molecule has 0 radical (unpaired) electrons. The third kappa shape index (κ3) is 3.01. The summed E-state index contributed by atoms with van der Waals surface area (Å²) in [6.45, 7) is 2.03. The number of benzene rings is 1. The Labute approximate surface area is 127 Å². The monoisotopic (exact) mass is 325 g/mol. The maximum Gasteiger partial charge on any atom is 0.416 e. The molecule has 6 heteroatoms. The molecule has 108 valence electrons. The second-order valence-electron chi connectivity index (χ2n) is 4.52. The minimum Gasteiger partial charge on any atom is -0.243 e. The Balaban J connectivity index is 1.90. The number of aromatic nitrogens is 1. The predicted octanol–water partition coefficient (Wildman–Crippen LogP) is 5.87. The van der Waals surface area contributed by atoms with Gasteiger partial charge < -0.3 is 0 Å². The van der Waals surface area contributed by atoms with Gasteiger partial charge in [-0.2, -0.15) is 13.2 Å². The van der Waals surface area contributed by atoms with E-state index in [9.17, 15) is 13.2 Å². The highest BCUT2D eigenvalue weighted by Gasteiger charge is 2.30. The van der Waals surface area contributed by atoms with Gasteiger partial charge in [0.25, 0.3) is 0 Å². The molecule has 0 aliphatic heterocycles. The summed E-state index contributed by atoms with van der Waals surface area (Å²) in [5, 5.41) is 0.892. The van der Waals surface area contributed by atoms with Crippen LogP contribution < -0.4 is 0 Å². The van der Waals surface area contributed by atoms with Gasteiger partial charge in [-0.3, -0.25) is 0 Å². The lowest BCUT2D eigenvalue weighted by Gasteiger charge is -2.06. The van der Waals surface area contributed by atoms with Crippen LogP contribution in [0.3, 0.4) is 0 Å². The molecular weight excluding hydrogens is 315 g/mol. The van der Waals surface area contributed by atoms with Crippen molar-refractivity contribution >= 4 is 22.7 Å². The molecule has 0 amide bonds. The molecule has 0 saturated heterocycles. The molecule has 0 bridgehead atoms. The van der Waals surface area contributed by atoms with Crippen molar-refractivity contribution in [2.24, 2.45) is 0 Å². The van der Waals surface area contributed by atoms with E-state index in [-0.39, 0.29) is 0 Å². The number of thiazole rings is 1. The van der Waals surface area contributed by atoms with Gasteiger partial charge in [0.15, 0.2) is 0 Å². The Hall–Kier alpha value is -1.66. The lowest BCUT2D eigenvalue weighted by atomic mass is 10.1. The summed E-state index contributed by atoms with van der Waals surface area (Å²) < 4.78 is 37.6. The van der Waals surface area contributed by atoms with Crippen LogP contribution in [0.4, 0.5) is 13.2 Å². The fourth-order valence-electron chi connectivity index (χ4n) is 1.89. The van der Waals surface area contributed by atoms with Crippen molar-refractivity contribution in [1.29, 1.82) is 0 Å². The topological polar surface area (TPSA) is 12.9 Å². The molecule has 3 aromatic rings. The minimum absolute atomic E-state index is 0.634. The first-order valence-corrected chi connectivity index (χ1v) is 7.77. The van der Waals surface area contributed by atoms with E-state index >= 15 is 0 Å². The van der Waals surface area contributed by atoms with Gasteiger partial charge in [0.1, 0.15) is 5.01 Å². The van der Waals surface area contributed by atoms with Crippen LogP contribution in [0, 0.1) is 6.92 Å². The first-order chi connectivity index (χ1) is 9.93. The standard InChI is InChI=1S/C15H10F3NS2/c1-9-2-7-12(20-9)14-19-8-13(21-14)10-3-5-11(6-4-10)15(16,17)18/h2-8H,1H3. The molecule has 0 saturated carbocycles. The van der Waals surface area contributed by atoms with Crippen molar-refractivity contribution in [3.8, 4) is 20.3 Å². The molecule has 0 spiro atoms. The number of hydrogen-bond donors (Lipinski definition) is 0. The van der Waals surface area contributed by atoms with Crippen molar-refractivity contribution in [3.05, 3.63) is 53.0 Å². The van der Waals surface area contributed by atoms with E-state index in [1.54, 1.807) is 17.5 Å². The van der Waals surface area contributed by atoms with E-state index in [0.717, 1.165) is 32.5 Å². The molecule has 3 rings (SSSR count). The van der Waals surface area contributed by atoms with Crippen LogP contribution in [0.5, 0.6) is 0 Å². The van der Waals surface area contributed by atoms with Crippen LogP contribution in [0.2, 0.25) is 0 Å². The first-order valence-electron chi connectivity index (χ1n) is 6.14. The smallest absolute Gasteiger partial charge is 0.243 e. The molecule has 2 aromatic heterocycles. The van der Waals surface area contributed by atoms with Gasteiger partial charge in [-0.15, -0.1) is 22.7 Å². The minimum atomic E-state index is -4.30. The molecule has 0 unspecified atom stereocenters. The largest absolute Gasteiger partial charge is 0.416 e. The van der Waals surface area contributed by atoms with E-state index in [0.29, 0.717) is 0 Å². The SMILES string of the molecule is Cc1ccc(-c2ncc(-c3ccc(C(F)(F)F)cc3)s2)s1. The Morgan fingerprint density at radius 2 is 1.62 bits per heavy atom. The summed E-state index contributed by atoms with van der Waals surface area (Å²) in [5.74, 6) is 0. The number of hydrogen-bond acceptors (Lipinski definition) is 3. The van der Waals surface area contributed by atoms with Crippen molar-refractivity contribution in [1.82, 2.24) is 4.98 Å². The van der Waals surface area contributed by atoms with Gasteiger partial charge in [0.05, 0.1) is 15.3 Å². The summed E-state index contributed by atoms with van der Waals surface area (Å²) in [6, 6.07) is 9.21. The first kappa shape index (κ1) is 14.3. The lowest BCUT2D eigenvalue weighted by molar-refractivity contribution is -0.137. The average Bonchev–Trinajstić information content (AvgIpc) is 3.06. The summed E-state index contributed by atoms with van der Waals surface area (Å²) in [5.41, 5.74) is 0.116. The zero-order valence-corrected chi connectivity index (χ0v) is 12.6. The Bertz CT molecular complexity index is 754. The number of halogens is 3. The number of alkyl halides is 3. The molecule has 1 nitrogen and oxygen atoms in total. The van der Waals surface area contributed by atoms with Crippen molar-refractivity contribution < 1.29 is 13.2 Å². The number of thiophene rings is 1. The molecule has 0 aliphatic rings. The summed E-state index contributed by atoms with van der Waals surface area (Å²) >= 11 is 3.14. The Morgan fingerprint density at radius 3 is 2.19 bits per heavy atom. The van der Waals surface area contributed by atoms with Crippen molar-refractivity contribution in [2.75, 3.05) is 0 Å². The molecule has 1 aromatic carbocycles. The van der Waals surface area contributed by atoms with Crippen LogP contribution in [0.1, 0.15) is 10.4 Å². The quantitative estimate of drug-likeness (QED) is 0.574. The Morgan fingerprint density at radius 1 is 0.905 bits per heavy atom. The highest BCUT2D eigenvalue weighted by molar-refractivity contribution is 7.23. The van der Waals surface area contributed by atoms with E-state index in [1.165, 1.54) is 28.3 Å². The highest BCUT2D eigenvalue weighted by atomic mass is 32.1. The predicted molar refractivity (Wildman–Crippen MR) is 80.6 cm³/mol. The molecule has 2 heterocycles. The molecule has 0 atom stereocenters. The second kappa shape index (κ2) is 5.27. The van der Waals surface area contributed by atoms with Gasteiger partial charge >= 0.3 is 6.18 Å². The highest BCUT2D eigenvalue weighted by Crippen LogP contribution is 2.36. The van der Waals surface area contributed by atoms with Gasteiger partial charge in [0.2, 0.25) is 0 Å². The van der Waals surface area contributed by atoms with Gasteiger partial charge in [0, 0.05) is 11.1 Å². The number of aryl methyl sites for hydroxylation is 1. The van der Waals surface area contributed by atoms with Crippen LogP contribution in [-0.4, -0.2) is 4.98 Å². The number of rotatable bonds is 2. The average molecular weight is 325 g/mol. The maximum atomic E-state index is 12.5. The van der Waals surface area contributed by atoms with Crippen molar-refractivity contribution in [2.45, 2.75) is 13.1 Å². The Kier molecular flexibility index (Phi) is 3.59. The number of nitrogens with zero attached hydrogens (tertiary/aromatic N) is 1. The third-order valence-corrected chi connectivity index (χ3v) is 5.17.